The Morgan fingerprint density at radius 1 is 0.864 bits per heavy atom. The van der Waals surface area contributed by atoms with Crippen LogP contribution in [0.15, 0.2) is 31.6 Å². The molecule has 0 saturated carbocycles. The molecule has 2 aliphatic rings. The van der Waals surface area contributed by atoms with Crippen molar-refractivity contribution in [1.82, 2.24) is 19.1 Å². The molecule has 4 rings (SSSR count). The van der Waals surface area contributed by atoms with Crippen molar-refractivity contribution < 1.29 is 62.9 Å². The maximum atomic E-state index is 13.5. The van der Waals surface area contributed by atoms with Crippen LogP contribution in [0.5, 0.6) is 0 Å². The van der Waals surface area contributed by atoms with Gasteiger partial charge in [0, 0.05) is 0 Å². The highest BCUT2D eigenvalue weighted by Gasteiger charge is 2.62. The first-order valence-corrected chi connectivity index (χ1v) is 14.2. The maximum Gasteiger partial charge on any atom is 0.351 e. The average Bonchev–Trinajstić information content (AvgIpc) is 3.20. The summed E-state index contributed by atoms with van der Waals surface area (Å²) in [6, 6.07) is 0. The van der Waals surface area contributed by atoms with E-state index in [0.29, 0.717) is 21.5 Å². The van der Waals surface area contributed by atoms with Crippen LogP contribution in [0.4, 0.5) is 8.78 Å². The van der Waals surface area contributed by atoms with E-state index in [4.69, 9.17) is 29.1 Å². The predicted octanol–water partition coefficient (Wildman–Crippen LogP) is -4.18. The number of H-pyrrole nitrogens is 2. The topological polar surface area (TPSA) is 296 Å². The predicted molar refractivity (Wildman–Crippen MR) is 138 cm³/mol. The van der Waals surface area contributed by atoms with Gasteiger partial charge >= 0.3 is 19.0 Å². The van der Waals surface area contributed by atoms with Crippen molar-refractivity contribution in [2.24, 2.45) is 0 Å². The molecule has 9 N–H and O–H groups in total. The molecule has 2 fully saturated rings. The van der Waals surface area contributed by atoms with Crippen molar-refractivity contribution in [3.05, 3.63) is 65.7 Å². The van der Waals surface area contributed by atoms with E-state index in [9.17, 15) is 53.0 Å². The van der Waals surface area contributed by atoms with E-state index >= 15 is 0 Å². The molecule has 4 heterocycles. The fourth-order valence-electron chi connectivity index (χ4n) is 4.78. The summed E-state index contributed by atoms with van der Waals surface area (Å²) in [6.45, 7) is 3.99. The molecule has 19 nitrogen and oxygen atoms in total. The zero-order valence-electron chi connectivity index (χ0n) is 23.4. The van der Waals surface area contributed by atoms with Gasteiger partial charge in [-0.1, -0.05) is 0 Å². The fraction of sp³-hybridized carbons (Fsp3) is 0.636. The second kappa shape index (κ2) is 11.8. The van der Waals surface area contributed by atoms with Gasteiger partial charge in [-0.15, -0.1) is 0 Å². The van der Waals surface area contributed by atoms with Crippen LogP contribution >= 0.6 is 7.60 Å². The average molecular weight is 660 g/mol. The van der Waals surface area contributed by atoms with Crippen molar-refractivity contribution in [1.29, 1.82) is 0 Å². The van der Waals surface area contributed by atoms with E-state index < -0.39 is 102 Å². The number of aliphatic hydroxyl groups is 5. The molecule has 0 aliphatic carbocycles. The van der Waals surface area contributed by atoms with E-state index in [1.54, 1.807) is 9.97 Å². The number of hydrogen-bond donors (Lipinski definition) is 9. The van der Waals surface area contributed by atoms with Crippen molar-refractivity contribution >= 4 is 7.60 Å². The second-order valence-electron chi connectivity index (χ2n) is 10.8. The molecule has 0 bridgehead atoms. The van der Waals surface area contributed by atoms with Crippen LogP contribution in [0.2, 0.25) is 0 Å². The van der Waals surface area contributed by atoms with Crippen LogP contribution in [0.3, 0.4) is 0 Å². The molecular weight excluding hydrogens is 629 g/mol. The number of aromatic amines is 2. The molecule has 2 aromatic heterocycles. The lowest BCUT2D eigenvalue weighted by Gasteiger charge is -2.31. The molecule has 2 saturated heterocycles. The third-order valence-corrected chi connectivity index (χ3v) is 7.78. The van der Waals surface area contributed by atoms with E-state index in [-0.39, 0.29) is 0 Å². The number of aliphatic hydroxyl groups excluding tert-OH is 3. The minimum atomic E-state index is -4.60. The Labute approximate surface area is 243 Å². The molecule has 8 atom stereocenters. The van der Waals surface area contributed by atoms with Gasteiger partial charge in [0.25, 0.3) is 11.1 Å². The number of ether oxygens (including phenoxy) is 3. The van der Waals surface area contributed by atoms with Gasteiger partial charge in [-0.2, -0.15) is 8.78 Å². The van der Waals surface area contributed by atoms with Crippen molar-refractivity contribution in [3.63, 3.8) is 0 Å². The SMILES string of the molecule is C[C@@]1(O)[C@@H](OCP(=O)(O)O)O[C@@](C)(n2cc(F)c(=O)[nH]c2=O)[C@@H]1O.C[C@]1(O)[C@@H](O)[C@](C)(n2cc(F)c(=O)[nH]c2=O)O[C@@H]1CO. The summed E-state index contributed by atoms with van der Waals surface area (Å²) in [4.78, 5) is 66.7. The normalized spacial score (nSPS) is 35.4. The summed E-state index contributed by atoms with van der Waals surface area (Å²) in [5, 5.41) is 50.0. The third-order valence-electron chi connectivity index (χ3n) is 7.29. The number of halogens is 2. The first kappa shape index (κ1) is 35.5. The third kappa shape index (κ3) is 6.26. The molecule has 0 aromatic carbocycles. The molecule has 2 aliphatic heterocycles. The molecule has 0 unspecified atom stereocenters. The van der Waals surface area contributed by atoms with Gasteiger partial charge in [-0.05, 0) is 27.7 Å². The lowest BCUT2D eigenvalue weighted by atomic mass is 9.91. The monoisotopic (exact) mass is 660 g/mol. The Morgan fingerprint density at radius 2 is 1.27 bits per heavy atom. The van der Waals surface area contributed by atoms with Gasteiger partial charge in [0.15, 0.2) is 24.1 Å². The lowest BCUT2D eigenvalue weighted by Crippen LogP contribution is -2.53. The van der Waals surface area contributed by atoms with Gasteiger partial charge in [0.2, 0.25) is 11.6 Å². The second-order valence-corrected chi connectivity index (χ2v) is 12.4. The quantitative estimate of drug-likeness (QED) is 0.133. The molecule has 22 heteroatoms. The molecule has 0 amide bonds. The Kier molecular flexibility index (Phi) is 9.50. The van der Waals surface area contributed by atoms with Crippen molar-refractivity contribution in [2.75, 3.05) is 13.0 Å². The Hall–Kier alpha value is -2.95. The highest BCUT2D eigenvalue weighted by atomic mass is 31.2. The summed E-state index contributed by atoms with van der Waals surface area (Å²) in [5.74, 6) is -2.58. The highest BCUT2D eigenvalue weighted by Crippen LogP contribution is 2.44. The van der Waals surface area contributed by atoms with Crippen LogP contribution in [-0.2, 0) is 30.2 Å². The minimum absolute atomic E-state index is 0.478. The Bertz CT molecular complexity index is 1680. The van der Waals surface area contributed by atoms with E-state index in [0.717, 1.165) is 13.8 Å². The van der Waals surface area contributed by atoms with E-state index in [2.05, 4.69) is 0 Å². The smallest absolute Gasteiger partial charge is 0.351 e. The van der Waals surface area contributed by atoms with Gasteiger partial charge in [-0.3, -0.25) is 33.3 Å². The largest absolute Gasteiger partial charge is 0.394 e. The van der Waals surface area contributed by atoms with Gasteiger partial charge in [0.1, 0.15) is 29.5 Å². The van der Waals surface area contributed by atoms with Crippen LogP contribution in [-0.4, -0.2) is 103 Å². The molecular formula is C22H31F2N4O15P. The van der Waals surface area contributed by atoms with E-state index in [1.165, 1.54) is 13.8 Å². The number of aromatic nitrogens is 4. The number of nitrogens with zero attached hydrogens (tertiary/aromatic N) is 2. The van der Waals surface area contributed by atoms with Crippen molar-refractivity contribution in [3.8, 4) is 0 Å². The summed E-state index contributed by atoms with van der Waals surface area (Å²) in [5.41, 5.74) is -12.6. The van der Waals surface area contributed by atoms with Crippen LogP contribution < -0.4 is 22.5 Å². The first-order chi connectivity index (χ1) is 19.9. The summed E-state index contributed by atoms with van der Waals surface area (Å²) in [7, 11) is -4.60. The van der Waals surface area contributed by atoms with Crippen LogP contribution in [0, 0.1) is 11.6 Å². The first-order valence-electron chi connectivity index (χ1n) is 12.4. The highest BCUT2D eigenvalue weighted by molar-refractivity contribution is 7.51. The van der Waals surface area contributed by atoms with Gasteiger partial charge in [0.05, 0.1) is 19.0 Å². The molecule has 0 spiro atoms. The number of hydrogen-bond acceptors (Lipinski definition) is 13. The molecule has 0 radical (unpaired) electrons. The van der Waals surface area contributed by atoms with Gasteiger partial charge < -0.3 is 49.5 Å². The zero-order valence-corrected chi connectivity index (χ0v) is 24.3. The summed E-state index contributed by atoms with van der Waals surface area (Å²) < 4.78 is 54.2. The van der Waals surface area contributed by atoms with Crippen LogP contribution in [0.1, 0.15) is 27.7 Å². The maximum absolute atomic E-state index is 13.5. The lowest BCUT2D eigenvalue weighted by molar-refractivity contribution is -0.219. The molecule has 2 aromatic rings. The van der Waals surface area contributed by atoms with Gasteiger partial charge in [-0.25, -0.2) is 9.59 Å². The minimum Gasteiger partial charge on any atom is -0.394 e. The Balaban J connectivity index is 0.000000244. The van der Waals surface area contributed by atoms with E-state index in [1.807, 2.05) is 0 Å². The molecule has 248 valence electrons. The fourth-order valence-corrected chi connectivity index (χ4v) is 5.11. The number of rotatable bonds is 6. The Morgan fingerprint density at radius 3 is 1.66 bits per heavy atom. The summed E-state index contributed by atoms with van der Waals surface area (Å²) >= 11 is 0. The number of nitrogens with one attached hydrogen (secondary N) is 2. The van der Waals surface area contributed by atoms with Crippen molar-refractivity contribution in [2.45, 2.75) is 74.9 Å². The van der Waals surface area contributed by atoms with Crippen LogP contribution in [0.25, 0.3) is 0 Å². The summed E-state index contributed by atoms with van der Waals surface area (Å²) in [6.07, 6.45) is -6.47. The molecule has 44 heavy (non-hydrogen) atoms. The zero-order chi connectivity index (χ0) is 33.8. The standard InChI is InChI=1S/C11H16FN2O9P.C11H15FN2O6/c1-10(18)7(16)11(2,23-8(10)22-4-24(19,20)21)14-3-5(12)6(15)13-9(14)17;1-10(19)6(4-15)20-11(2,8(10)17)14-3-5(12)7(16)13-9(14)18/h3,7-8,16,18H,4H2,1-2H3,(H,13,15,17)(H2,19,20,21);3,6,8,15,17,19H,4H2,1-2H3,(H,13,16,18)/t7-,8+,10+,11-;6-,8-,10-,11-/m11/s1.